The molecule has 1 aromatic heterocycles. The van der Waals surface area contributed by atoms with Gasteiger partial charge >= 0.3 is 6.36 Å². The number of amides is 1. The van der Waals surface area contributed by atoms with Gasteiger partial charge in [0, 0.05) is 24.1 Å². The third-order valence-corrected chi connectivity index (χ3v) is 5.46. The number of halogens is 3. The Bertz CT molecular complexity index is 1320. The van der Waals surface area contributed by atoms with Crippen LogP contribution in [0.1, 0.15) is 17.2 Å². The van der Waals surface area contributed by atoms with Crippen molar-refractivity contribution in [1.29, 1.82) is 0 Å². The number of carbonyl (C=O) groups excluding carboxylic acids is 2. The van der Waals surface area contributed by atoms with E-state index in [4.69, 9.17) is 9.47 Å². The minimum Gasteiger partial charge on any atom is -0.506 e. The summed E-state index contributed by atoms with van der Waals surface area (Å²) in [5.74, 6) is -2.92. The van der Waals surface area contributed by atoms with Crippen molar-refractivity contribution in [2.24, 2.45) is 0 Å². The van der Waals surface area contributed by atoms with Crippen molar-refractivity contribution >= 4 is 23.1 Å². The molecule has 8 nitrogen and oxygen atoms in total. The maximum absolute atomic E-state index is 13.3. The summed E-state index contributed by atoms with van der Waals surface area (Å²) >= 11 is 0. The average molecular weight is 500 g/mol. The highest BCUT2D eigenvalue weighted by molar-refractivity contribution is 6.51. The van der Waals surface area contributed by atoms with Gasteiger partial charge in [0.1, 0.15) is 28.6 Å². The van der Waals surface area contributed by atoms with Gasteiger partial charge in [-0.25, -0.2) is 0 Å². The Balaban J connectivity index is 1.95. The largest absolute Gasteiger partial charge is 0.573 e. The lowest BCUT2D eigenvalue weighted by Gasteiger charge is -2.26. The van der Waals surface area contributed by atoms with E-state index in [0.29, 0.717) is 5.56 Å². The Labute approximate surface area is 203 Å². The number of aromatic nitrogens is 1. The summed E-state index contributed by atoms with van der Waals surface area (Å²) in [5, 5.41) is 11.4. The summed E-state index contributed by atoms with van der Waals surface area (Å²) < 4.78 is 53.0. The smallest absolute Gasteiger partial charge is 0.506 e. The molecule has 0 saturated carbocycles. The van der Waals surface area contributed by atoms with Gasteiger partial charge in [0.2, 0.25) is 0 Å². The molecule has 1 aliphatic heterocycles. The normalized spacial score (nSPS) is 17.2. The van der Waals surface area contributed by atoms with Crippen molar-refractivity contribution in [3.63, 3.8) is 0 Å². The van der Waals surface area contributed by atoms with Crippen LogP contribution >= 0.6 is 0 Å². The molecule has 1 fully saturated rings. The van der Waals surface area contributed by atoms with Crippen LogP contribution in [0.2, 0.25) is 0 Å². The minimum atomic E-state index is -4.96. The summed E-state index contributed by atoms with van der Waals surface area (Å²) in [4.78, 5) is 31.4. The van der Waals surface area contributed by atoms with Gasteiger partial charge in [-0.3, -0.25) is 19.5 Å². The molecule has 36 heavy (non-hydrogen) atoms. The molecule has 0 bridgehead atoms. The summed E-state index contributed by atoms with van der Waals surface area (Å²) in [5.41, 5.74) is 0.0540. The fourth-order valence-corrected chi connectivity index (χ4v) is 4.01. The van der Waals surface area contributed by atoms with E-state index in [-0.39, 0.29) is 28.3 Å². The van der Waals surface area contributed by atoms with Crippen molar-refractivity contribution in [2.75, 3.05) is 19.1 Å². The molecule has 4 rings (SSSR count). The van der Waals surface area contributed by atoms with Gasteiger partial charge in [0.05, 0.1) is 25.8 Å². The number of aliphatic hydroxyl groups excluding tert-OH is 1. The standard InChI is InChI=1S/C25H19F3N2O6/c1-34-17-7-4-8-18(35-2)19(17)22(31)20-21(14-9-11-29-12-10-14)30(24(33)23(20)32)15-5-3-6-16(13-15)36-25(26,27)28/h3-13,21,31H,1-2H3/b22-20+. The quantitative estimate of drug-likeness (QED) is 0.300. The molecule has 3 aromatic rings. The third kappa shape index (κ3) is 4.54. The number of ketones is 1. The minimum absolute atomic E-state index is 0.0358. The molecular weight excluding hydrogens is 481 g/mol. The fourth-order valence-electron chi connectivity index (χ4n) is 4.01. The topological polar surface area (TPSA) is 98.2 Å². The van der Waals surface area contributed by atoms with E-state index in [1.807, 2.05) is 0 Å². The SMILES string of the molecule is COc1cccc(OC)c1/C(O)=C1\C(=O)C(=O)N(c2cccc(OC(F)(F)F)c2)C1c1ccncc1. The van der Waals surface area contributed by atoms with Crippen LogP contribution in [0, 0.1) is 0 Å². The second kappa shape index (κ2) is 9.61. The Morgan fingerprint density at radius 2 is 1.58 bits per heavy atom. The molecule has 1 amide bonds. The lowest BCUT2D eigenvalue weighted by molar-refractivity contribution is -0.274. The summed E-state index contributed by atoms with van der Waals surface area (Å²) in [6.45, 7) is 0. The van der Waals surface area contributed by atoms with Gasteiger partial charge in [-0.2, -0.15) is 0 Å². The number of Topliss-reactive ketones (excluding diaryl/α,β-unsaturated/α-hetero) is 1. The van der Waals surface area contributed by atoms with Crippen molar-refractivity contribution in [3.05, 3.63) is 83.7 Å². The molecule has 2 heterocycles. The van der Waals surface area contributed by atoms with Gasteiger partial charge in [-0.05, 0) is 42.0 Å². The van der Waals surface area contributed by atoms with E-state index in [1.165, 1.54) is 63.0 Å². The van der Waals surface area contributed by atoms with Crippen molar-refractivity contribution in [1.82, 2.24) is 4.98 Å². The monoisotopic (exact) mass is 500 g/mol. The molecule has 2 aromatic carbocycles. The number of methoxy groups -OCH3 is 2. The van der Waals surface area contributed by atoms with Gasteiger partial charge < -0.3 is 19.3 Å². The molecular formula is C25H19F3N2O6. The van der Waals surface area contributed by atoms with E-state index in [1.54, 1.807) is 6.07 Å². The maximum atomic E-state index is 13.3. The van der Waals surface area contributed by atoms with Crippen molar-refractivity contribution in [2.45, 2.75) is 12.4 Å². The predicted molar refractivity (Wildman–Crippen MR) is 122 cm³/mol. The number of anilines is 1. The Morgan fingerprint density at radius 1 is 0.972 bits per heavy atom. The van der Waals surface area contributed by atoms with Gasteiger partial charge in [0.25, 0.3) is 11.7 Å². The third-order valence-electron chi connectivity index (χ3n) is 5.46. The highest BCUT2D eigenvalue weighted by atomic mass is 19.4. The first-order valence-corrected chi connectivity index (χ1v) is 10.4. The van der Waals surface area contributed by atoms with Crippen molar-refractivity contribution < 1.29 is 42.1 Å². The van der Waals surface area contributed by atoms with Crippen LogP contribution in [-0.2, 0) is 9.59 Å². The first-order valence-electron chi connectivity index (χ1n) is 10.4. The lowest BCUT2D eigenvalue weighted by atomic mass is 9.95. The molecule has 11 heteroatoms. The Kier molecular flexibility index (Phi) is 6.56. The summed E-state index contributed by atoms with van der Waals surface area (Å²) in [7, 11) is 2.72. The van der Waals surface area contributed by atoms with E-state index < -0.39 is 35.6 Å². The molecule has 186 valence electrons. The maximum Gasteiger partial charge on any atom is 0.573 e. The number of hydrogen-bond acceptors (Lipinski definition) is 7. The highest BCUT2D eigenvalue weighted by Crippen LogP contribution is 2.45. The zero-order valence-electron chi connectivity index (χ0n) is 18.9. The van der Waals surface area contributed by atoms with E-state index in [9.17, 15) is 27.9 Å². The molecule has 0 spiro atoms. The van der Waals surface area contributed by atoms with Gasteiger partial charge in [-0.15, -0.1) is 13.2 Å². The molecule has 1 aliphatic rings. The summed E-state index contributed by atoms with van der Waals surface area (Å²) in [6, 6.07) is 11.2. The molecule has 0 radical (unpaired) electrons. The number of hydrogen-bond donors (Lipinski definition) is 1. The fraction of sp³-hybridized carbons (Fsp3) is 0.160. The number of alkyl halides is 3. The van der Waals surface area contributed by atoms with Crippen LogP contribution < -0.4 is 19.1 Å². The number of ether oxygens (including phenoxy) is 3. The number of nitrogens with zero attached hydrogens (tertiary/aromatic N) is 2. The first kappa shape index (κ1) is 24.6. The number of carbonyl (C=O) groups is 2. The van der Waals surface area contributed by atoms with Crippen LogP contribution in [0.15, 0.2) is 72.6 Å². The average Bonchev–Trinajstić information content (AvgIpc) is 3.13. The second-order valence-electron chi connectivity index (χ2n) is 7.53. The lowest BCUT2D eigenvalue weighted by Crippen LogP contribution is -2.29. The highest BCUT2D eigenvalue weighted by Gasteiger charge is 2.47. The van der Waals surface area contributed by atoms with E-state index in [0.717, 1.165) is 17.0 Å². The molecule has 1 atom stereocenters. The van der Waals surface area contributed by atoms with Crippen LogP contribution in [0.4, 0.5) is 18.9 Å². The van der Waals surface area contributed by atoms with Crippen LogP contribution in [0.25, 0.3) is 5.76 Å². The van der Waals surface area contributed by atoms with E-state index in [2.05, 4.69) is 9.72 Å². The van der Waals surface area contributed by atoms with Crippen LogP contribution in [0.5, 0.6) is 17.2 Å². The molecule has 0 aliphatic carbocycles. The molecule has 1 N–H and O–H groups in total. The second-order valence-corrected chi connectivity index (χ2v) is 7.53. The number of pyridine rings is 1. The molecule has 1 unspecified atom stereocenters. The summed E-state index contributed by atoms with van der Waals surface area (Å²) in [6.07, 6.45) is -2.12. The number of aliphatic hydroxyl groups is 1. The number of benzene rings is 2. The molecule has 1 saturated heterocycles. The van der Waals surface area contributed by atoms with Crippen LogP contribution in [0.3, 0.4) is 0 Å². The predicted octanol–water partition coefficient (Wildman–Crippen LogP) is 4.62. The van der Waals surface area contributed by atoms with Gasteiger partial charge in [0.15, 0.2) is 0 Å². The van der Waals surface area contributed by atoms with Crippen LogP contribution in [-0.4, -0.2) is 42.4 Å². The Morgan fingerprint density at radius 3 is 2.17 bits per heavy atom. The Hall–Kier alpha value is -4.54. The first-order chi connectivity index (χ1) is 17.2. The zero-order chi connectivity index (χ0) is 26.0. The van der Waals surface area contributed by atoms with E-state index >= 15 is 0 Å². The van der Waals surface area contributed by atoms with Gasteiger partial charge in [-0.1, -0.05) is 12.1 Å². The van der Waals surface area contributed by atoms with Crippen molar-refractivity contribution in [3.8, 4) is 17.2 Å². The zero-order valence-corrected chi connectivity index (χ0v) is 18.9. The number of rotatable bonds is 6.